The molecule has 0 spiro atoms. The van der Waals surface area contributed by atoms with Crippen molar-refractivity contribution in [1.82, 2.24) is 4.90 Å². The molecule has 34 heavy (non-hydrogen) atoms. The van der Waals surface area contributed by atoms with Gasteiger partial charge in [-0.3, -0.25) is 9.59 Å². The molecule has 2 aromatic rings. The van der Waals surface area contributed by atoms with Crippen molar-refractivity contribution in [2.45, 2.75) is 45.5 Å². The predicted molar refractivity (Wildman–Crippen MR) is 120 cm³/mol. The maximum absolute atomic E-state index is 14.3. The number of nitrogens with one attached hydrogen (secondary N) is 1. The van der Waals surface area contributed by atoms with Crippen LogP contribution in [0, 0.1) is 23.1 Å². The molecule has 0 aliphatic rings. The molecule has 0 saturated carbocycles. The summed E-state index contributed by atoms with van der Waals surface area (Å²) in [6.45, 7) is 4.02. The van der Waals surface area contributed by atoms with E-state index in [-0.39, 0.29) is 23.6 Å². The van der Waals surface area contributed by atoms with Crippen LogP contribution in [-0.4, -0.2) is 35.5 Å². The van der Waals surface area contributed by atoms with Crippen molar-refractivity contribution < 1.29 is 27.2 Å². The number of carbonyl (C=O) groups is 2. The average molecular weight is 478 g/mol. The number of carbonyl (C=O) groups excluding carboxylic acids is 2. The van der Waals surface area contributed by atoms with Crippen molar-refractivity contribution in [3.63, 3.8) is 0 Å². The van der Waals surface area contributed by atoms with Crippen LogP contribution in [0.15, 0.2) is 42.5 Å². The minimum atomic E-state index is -4.86. The zero-order chi connectivity index (χ0) is 25.6. The Hall–Kier alpha value is -3.45. The van der Waals surface area contributed by atoms with Crippen LogP contribution in [0.3, 0.4) is 0 Å². The first-order chi connectivity index (χ1) is 15.8. The third-order valence-corrected chi connectivity index (χ3v) is 5.03. The van der Waals surface area contributed by atoms with E-state index in [0.29, 0.717) is 16.0 Å². The topological polar surface area (TPSA) is 99.2 Å². The number of anilines is 1. The van der Waals surface area contributed by atoms with Crippen molar-refractivity contribution in [3.05, 3.63) is 53.8 Å². The van der Waals surface area contributed by atoms with E-state index in [4.69, 9.17) is 11.0 Å². The summed E-state index contributed by atoms with van der Waals surface area (Å²) in [5.74, 6) is -2.13. The smallest absolute Gasteiger partial charge is 0.324 e. The molecule has 2 atom stereocenters. The van der Waals surface area contributed by atoms with E-state index in [1.807, 2.05) is 0 Å². The van der Waals surface area contributed by atoms with Crippen LogP contribution in [0.4, 0.5) is 23.2 Å². The third kappa shape index (κ3) is 6.78. The lowest BCUT2D eigenvalue weighted by Crippen LogP contribution is -2.49. The molecule has 6 nitrogen and oxygen atoms in total. The highest BCUT2D eigenvalue weighted by atomic mass is 19.4. The molecule has 0 aliphatic heterocycles. The monoisotopic (exact) mass is 478 g/mol. The number of hydrogen-bond acceptors (Lipinski definition) is 4. The molecule has 0 radical (unpaired) electrons. The largest absolute Gasteiger partial charge is 0.413 e. The van der Waals surface area contributed by atoms with Crippen molar-refractivity contribution >= 4 is 17.5 Å². The summed E-state index contributed by atoms with van der Waals surface area (Å²) in [6.07, 6.45) is -4.69. The van der Waals surface area contributed by atoms with Crippen molar-refractivity contribution in [3.8, 4) is 17.2 Å². The van der Waals surface area contributed by atoms with Gasteiger partial charge in [0.05, 0.1) is 17.8 Å². The van der Waals surface area contributed by atoms with Gasteiger partial charge in [-0.1, -0.05) is 44.2 Å². The van der Waals surface area contributed by atoms with E-state index in [9.17, 15) is 27.2 Å². The Morgan fingerprint density at radius 1 is 1.12 bits per heavy atom. The van der Waals surface area contributed by atoms with Gasteiger partial charge in [0, 0.05) is 6.92 Å². The lowest BCUT2D eigenvalue weighted by molar-refractivity contribution is -0.191. The molecule has 3 N–H and O–H groups in total. The first-order valence-electron chi connectivity index (χ1n) is 10.5. The Morgan fingerprint density at radius 3 is 2.18 bits per heavy atom. The maximum Gasteiger partial charge on any atom is 0.413 e. The molecule has 182 valence electrons. The van der Waals surface area contributed by atoms with Crippen molar-refractivity contribution in [1.29, 1.82) is 5.26 Å². The lowest BCUT2D eigenvalue weighted by Gasteiger charge is -2.33. The van der Waals surface area contributed by atoms with Gasteiger partial charge in [-0.15, -0.1) is 0 Å². The summed E-state index contributed by atoms with van der Waals surface area (Å²) in [5, 5.41) is 11.4. The van der Waals surface area contributed by atoms with Crippen molar-refractivity contribution in [2.24, 2.45) is 11.7 Å². The van der Waals surface area contributed by atoms with Crippen molar-refractivity contribution in [2.75, 3.05) is 11.9 Å². The molecule has 0 aliphatic carbocycles. The lowest BCUT2D eigenvalue weighted by atomic mass is 9.97. The van der Waals surface area contributed by atoms with Crippen LogP contribution < -0.4 is 11.1 Å². The highest BCUT2D eigenvalue weighted by Gasteiger charge is 2.47. The SMILES string of the molecule is CC(=O)Nc1ccc(-c2ccc([C@H](N(CC#N)C(=O)[C@@H](N)CC(C)C)C(F)(F)F)cc2)cc1F. The Morgan fingerprint density at radius 2 is 1.71 bits per heavy atom. The zero-order valence-corrected chi connectivity index (χ0v) is 19.0. The van der Waals surface area contributed by atoms with E-state index in [1.165, 1.54) is 43.3 Å². The van der Waals surface area contributed by atoms with E-state index < -0.39 is 42.4 Å². The highest BCUT2D eigenvalue weighted by Crippen LogP contribution is 2.39. The molecule has 0 saturated heterocycles. The number of nitriles is 1. The summed E-state index contributed by atoms with van der Waals surface area (Å²) in [7, 11) is 0. The first kappa shape index (κ1) is 26.8. The summed E-state index contributed by atoms with van der Waals surface area (Å²) in [6, 6.07) is 7.18. The number of benzene rings is 2. The predicted octanol–water partition coefficient (Wildman–Crippen LogP) is 4.78. The van der Waals surface area contributed by atoms with Crippen LogP contribution in [0.5, 0.6) is 0 Å². The normalized spacial score (nSPS) is 13.2. The summed E-state index contributed by atoms with van der Waals surface area (Å²) >= 11 is 0. The Kier molecular flexibility index (Phi) is 8.76. The average Bonchev–Trinajstić information content (AvgIpc) is 2.73. The van der Waals surface area contributed by atoms with Crippen LogP contribution in [0.1, 0.15) is 38.8 Å². The number of rotatable bonds is 8. The Bertz CT molecular complexity index is 1060. The summed E-state index contributed by atoms with van der Waals surface area (Å²) in [5.41, 5.74) is 6.36. The van der Waals surface area contributed by atoms with Gasteiger partial charge in [0.25, 0.3) is 0 Å². The molecule has 0 bridgehead atoms. The van der Waals surface area contributed by atoms with Crippen LogP contribution in [-0.2, 0) is 9.59 Å². The van der Waals surface area contributed by atoms with Crippen LogP contribution in [0.25, 0.3) is 11.1 Å². The number of alkyl halides is 3. The fourth-order valence-electron chi connectivity index (χ4n) is 3.58. The van der Waals surface area contributed by atoms with Crippen LogP contribution in [0.2, 0.25) is 0 Å². The zero-order valence-electron chi connectivity index (χ0n) is 19.0. The second-order valence-electron chi connectivity index (χ2n) is 8.30. The van der Waals surface area contributed by atoms with E-state index in [0.717, 1.165) is 6.07 Å². The first-order valence-corrected chi connectivity index (χ1v) is 10.5. The van der Waals surface area contributed by atoms with E-state index in [2.05, 4.69) is 5.32 Å². The minimum Gasteiger partial charge on any atom is -0.324 e. The van der Waals surface area contributed by atoms with Gasteiger partial charge in [0.2, 0.25) is 11.8 Å². The number of nitrogens with two attached hydrogens (primary N) is 1. The third-order valence-electron chi connectivity index (χ3n) is 5.03. The number of amides is 2. The molecule has 2 rings (SSSR count). The van der Waals surface area contributed by atoms with E-state index in [1.54, 1.807) is 19.9 Å². The van der Waals surface area contributed by atoms with Gasteiger partial charge in [-0.05, 0) is 41.2 Å². The quantitative estimate of drug-likeness (QED) is 0.421. The highest BCUT2D eigenvalue weighted by molar-refractivity contribution is 5.89. The van der Waals surface area contributed by atoms with Gasteiger partial charge < -0.3 is 16.0 Å². The van der Waals surface area contributed by atoms with E-state index >= 15 is 0 Å². The molecule has 0 fully saturated rings. The molecule has 10 heteroatoms. The summed E-state index contributed by atoms with van der Waals surface area (Å²) < 4.78 is 56.4. The molecule has 0 heterocycles. The molecular weight excluding hydrogens is 452 g/mol. The fraction of sp³-hybridized carbons (Fsp3) is 0.375. The van der Waals surface area contributed by atoms with Gasteiger partial charge >= 0.3 is 6.18 Å². The minimum absolute atomic E-state index is 0.0200. The molecular formula is C24H26F4N4O2. The van der Waals surface area contributed by atoms with Gasteiger partial charge in [-0.2, -0.15) is 18.4 Å². The summed E-state index contributed by atoms with van der Waals surface area (Å²) in [4.78, 5) is 24.3. The second-order valence-corrected chi connectivity index (χ2v) is 8.30. The van der Waals surface area contributed by atoms with Gasteiger partial charge in [-0.25, -0.2) is 4.39 Å². The Labute approximate surface area is 195 Å². The number of halogens is 4. The molecule has 2 aromatic carbocycles. The molecule has 0 aromatic heterocycles. The number of hydrogen-bond donors (Lipinski definition) is 2. The number of nitrogens with zero attached hydrogens (tertiary/aromatic N) is 2. The van der Waals surface area contributed by atoms with Gasteiger partial charge in [0.1, 0.15) is 12.4 Å². The molecule has 0 unspecified atom stereocenters. The molecule has 2 amide bonds. The second kappa shape index (κ2) is 11.1. The van der Waals surface area contributed by atoms with Gasteiger partial charge in [0.15, 0.2) is 6.04 Å². The standard InChI is InChI=1S/C24H26F4N4O2/c1-14(2)12-20(30)23(34)32(11-10-29)22(24(26,27)28)17-6-4-16(5-7-17)18-8-9-21(19(25)13-18)31-15(3)33/h4-9,13-14,20,22H,11-12,30H2,1-3H3,(H,31,33)/t20-,22-/m0/s1. The maximum atomic E-state index is 14.3. The van der Waals surface area contributed by atoms with Crippen LogP contribution >= 0.6 is 0 Å². The fourth-order valence-corrected chi connectivity index (χ4v) is 3.58. The Balaban J connectivity index is 2.41.